The van der Waals surface area contributed by atoms with Gasteiger partial charge in [0.25, 0.3) is 0 Å². The molecule has 0 aromatic heterocycles. The van der Waals surface area contributed by atoms with Crippen molar-refractivity contribution in [2.75, 3.05) is 26.2 Å². The molecule has 2 N–H and O–H groups in total. The Balaban J connectivity index is 1.78. The summed E-state index contributed by atoms with van der Waals surface area (Å²) in [5.41, 5.74) is 5.79. The normalized spacial score (nSPS) is 17.6. The van der Waals surface area contributed by atoms with Gasteiger partial charge in [-0.3, -0.25) is 0 Å². The van der Waals surface area contributed by atoms with Crippen LogP contribution in [0.2, 0.25) is 0 Å². The van der Waals surface area contributed by atoms with Gasteiger partial charge in [0.15, 0.2) is 0 Å². The summed E-state index contributed by atoms with van der Waals surface area (Å²) in [6.07, 6.45) is 2.34. The van der Waals surface area contributed by atoms with E-state index in [2.05, 4.69) is 4.90 Å². The van der Waals surface area contributed by atoms with E-state index in [0.717, 1.165) is 57.1 Å². The van der Waals surface area contributed by atoms with Crippen molar-refractivity contribution < 1.29 is 13.2 Å². The lowest BCUT2D eigenvalue weighted by atomic mass is 9.88. The number of alkyl halides is 3. The van der Waals surface area contributed by atoms with Crippen LogP contribution < -0.4 is 5.73 Å². The lowest BCUT2D eigenvalue weighted by molar-refractivity contribution is -0.137. The lowest BCUT2D eigenvalue weighted by Crippen LogP contribution is -2.33. The van der Waals surface area contributed by atoms with Crippen molar-refractivity contribution in [2.45, 2.75) is 50.6 Å². The van der Waals surface area contributed by atoms with E-state index in [0.29, 0.717) is 0 Å². The average molecular weight is 328 g/mol. The van der Waals surface area contributed by atoms with Gasteiger partial charge in [-0.15, -0.1) is 0 Å². The highest BCUT2D eigenvalue weighted by atomic mass is 19.4. The summed E-state index contributed by atoms with van der Waals surface area (Å²) in [5, 5.41) is 0. The van der Waals surface area contributed by atoms with E-state index < -0.39 is 11.7 Å². The monoisotopic (exact) mass is 328 g/mol. The van der Waals surface area contributed by atoms with Gasteiger partial charge in [0, 0.05) is 0 Å². The van der Waals surface area contributed by atoms with Gasteiger partial charge in [0.1, 0.15) is 0 Å². The Hall–Kier alpha value is -1.07. The van der Waals surface area contributed by atoms with E-state index in [1.807, 2.05) is 6.07 Å². The molecule has 0 unspecified atom stereocenters. The molecule has 1 aliphatic rings. The van der Waals surface area contributed by atoms with Gasteiger partial charge < -0.3 is 10.6 Å². The van der Waals surface area contributed by atoms with Crippen LogP contribution in [0.1, 0.15) is 55.6 Å². The summed E-state index contributed by atoms with van der Waals surface area (Å²) < 4.78 is 38.4. The topological polar surface area (TPSA) is 29.3 Å². The molecule has 130 valence electrons. The van der Waals surface area contributed by atoms with Crippen molar-refractivity contribution in [3.8, 4) is 0 Å². The third-order valence-electron chi connectivity index (χ3n) is 4.70. The number of hydrogen-bond donors (Lipinski definition) is 1. The van der Waals surface area contributed by atoms with Gasteiger partial charge in [-0.2, -0.15) is 13.2 Å². The Morgan fingerprint density at radius 1 is 1.04 bits per heavy atom. The summed E-state index contributed by atoms with van der Waals surface area (Å²) in [5.74, 6) is 0.255. The first-order valence-corrected chi connectivity index (χ1v) is 8.60. The molecule has 1 aromatic rings. The quantitative estimate of drug-likeness (QED) is 0.752. The van der Waals surface area contributed by atoms with E-state index in [4.69, 9.17) is 5.73 Å². The predicted molar refractivity (Wildman–Crippen MR) is 87.4 cm³/mol. The van der Waals surface area contributed by atoms with E-state index in [-0.39, 0.29) is 5.92 Å². The fourth-order valence-corrected chi connectivity index (χ4v) is 3.29. The molecule has 0 saturated carbocycles. The minimum atomic E-state index is -4.25. The van der Waals surface area contributed by atoms with Crippen molar-refractivity contribution in [3.63, 3.8) is 0 Å². The highest BCUT2D eigenvalue weighted by Crippen LogP contribution is 2.34. The molecular weight excluding hydrogens is 301 g/mol. The van der Waals surface area contributed by atoms with Gasteiger partial charge in [0.05, 0.1) is 5.56 Å². The molecule has 2 nitrogen and oxygen atoms in total. The van der Waals surface area contributed by atoms with Crippen LogP contribution in [0.5, 0.6) is 0 Å². The molecule has 1 saturated heterocycles. The summed E-state index contributed by atoms with van der Waals surface area (Å²) in [7, 11) is 0. The molecular formula is C18H27F3N2. The molecule has 1 fully saturated rings. The Morgan fingerprint density at radius 3 is 2.39 bits per heavy atom. The maximum Gasteiger partial charge on any atom is 0.416 e. The average Bonchev–Trinajstić information content (AvgIpc) is 2.55. The van der Waals surface area contributed by atoms with E-state index in [9.17, 15) is 13.2 Å². The van der Waals surface area contributed by atoms with Crippen LogP contribution in [0, 0.1) is 0 Å². The number of halogens is 3. The molecule has 1 aliphatic heterocycles. The number of likely N-dealkylation sites (tertiary alicyclic amines) is 1. The molecule has 0 radical (unpaired) electrons. The number of nitrogens with zero attached hydrogens (tertiary/aromatic N) is 1. The SMILES string of the molecule is NCCCCCCN1CCC(c2cccc(C(F)(F)F)c2)CC1. The third kappa shape index (κ3) is 5.81. The van der Waals surface area contributed by atoms with Crippen molar-refractivity contribution in [1.82, 2.24) is 4.90 Å². The fourth-order valence-electron chi connectivity index (χ4n) is 3.29. The second-order valence-corrected chi connectivity index (χ2v) is 6.44. The van der Waals surface area contributed by atoms with Crippen LogP contribution >= 0.6 is 0 Å². The zero-order chi connectivity index (χ0) is 16.7. The summed E-state index contributed by atoms with van der Waals surface area (Å²) in [4.78, 5) is 2.44. The number of nitrogens with two attached hydrogens (primary N) is 1. The zero-order valence-electron chi connectivity index (χ0n) is 13.6. The third-order valence-corrected chi connectivity index (χ3v) is 4.70. The number of rotatable bonds is 7. The van der Waals surface area contributed by atoms with Crippen molar-refractivity contribution >= 4 is 0 Å². The van der Waals surface area contributed by atoms with Crippen LogP contribution in [0.3, 0.4) is 0 Å². The van der Waals surface area contributed by atoms with Gasteiger partial charge in [-0.1, -0.05) is 31.0 Å². The molecule has 0 aliphatic carbocycles. The zero-order valence-corrected chi connectivity index (χ0v) is 13.6. The predicted octanol–water partition coefficient (Wildman–Crippen LogP) is 4.40. The van der Waals surface area contributed by atoms with Crippen molar-refractivity contribution in [2.24, 2.45) is 5.73 Å². The van der Waals surface area contributed by atoms with Gasteiger partial charge in [-0.05, 0) is 69.4 Å². The number of hydrogen-bond acceptors (Lipinski definition) is 2. The summed E-state index contributed by atoms with van der Waals surface area (Å²) in [6, 6.07) is 5.84. The van der Waals surface area contributed by atoms with Crippen LogP contribution in [0.4, 0.5) is 13.2 Å². The van der Waals surface area contributed by atoms with E-state index >= 15 is 0 Å². The number of piperidine rings is 1. The molecule has 1 heterocycles. The maximum atomic E-state index is 12.8. The standard InChI is InChI=1S/C18H27F3N2/c19-18(20,21)17-7-5-6-16(14-17)15-8-12-23(13-9-15)11-4-2-1-3-10-22/h5-7,14-15H,1-4,8-13,22H2. The molecule has 0 amide bonds. The van der Waals surface area contributed by atoms with Crippen molar-refractivity contribution in [3.05, 3.63) is 35.4 Å². The highest BCUT2D eigenvalue weighted by Gasteiger charge is 2.31. The molecule has 1 aromatic carbocycles. The van der Waals surface area contributed by atoms with Crippen LogP contribution in [-0.4, -0.2) is 31.1 Å². The summed E-state index contributed by atoms with van der Waals surface area (Å²) in [6.45, 7) is 3.83. The van der Waals surface area contributed by atoms with Crippen LogP contribution in [0.25, 0.3) is 0 Å². The summed E-state index contributed by atoms with van der Waals surface area (Å²) >= 11 is 0. The lowest BCUT2D eigenvalue weighted by Gasteiger charge is -2.32. The van der Waals surface area contributed by atoms with Gasteiger partial charge >= 0.3 is 6.18 Å². The Labute approximate surface area is 136 Å². The van der Waals surface area contributed by atoms with E-state index in [1.54, 1.807) is 0 Å². The number of unbranched alkanes of at least 4 members (excludes halogenated alkanes) is 3. The first-order valence-electron chi connectivity index (χ1n) is 8.60. The van der Waals surface area contributed by atoms with Gasteiger partial charge in [-0.25, -0.2) is 0 Å². The fraction of sp³-hybridized carbons (Fsp3) is 0.667. The second kappa shape index (κ2) is 8.69. The molecule has 0 bridgehead atoms. The van der Waals surface area contributed by atoms with Gasteiger partial charge in [0.2, 0.25) is 0 Å². The van der Waals surface area contributed by atoms with Crippen molar-refractivity contribution in [1.29, 1.82) is 0 Å². The van der Waals surface area contributed by atoms with E-state index in [1.165, 1.54) is 31.4 Å². The van der Waals surface area contributed by atoms with Crippen LogP contribution in [0.15, 0.2) is 24.3 Å². The van der Waals surface area contributed by atoms with Crippen LogP contribution in [-0.2, 0) is 6.18 Å². The molecule has 5 heteroatoms. The minimum Gasteiger partial charge on any atom is -0.330 e. The first-order chi connectivity index (χ1) is 11.0. The smallest absolute Gasteiger partial charge is 0.330 e. The molecule has 23 heavy (non-hydrogen) atoms. The second-order valence-electron chi connectivity index (χ2n) is 6.44. The minimum absolute atomic E-state index is 0.255. The Bertz CT molecular complexity index is 466. The molecule has 2 rings (SSSR count). The highest BCUT2D eigenvalue weighted by molar-refractivity contribution is 5.28. The largest absolute Gasteiger partial charge is 0.416 e. The maximum absolute atomic E-state index is 12.8. The Morgan fingerprint density at radius 2 is 1.74 bits per heavy atom. The number of benzene rings is 1. The molecule has 0 atom stereocenters. The molecule has 0 spiro atoms. The Kier molecular flexibility index (Phi) is 6.90. The first kappa shape index (κ1) is 18.3.